The van der Waals surface area contributed by atoms with E-state index < -0.39 is 32.2 Å². The van der Waals surface area contributed by atoms with Crippen molar-refractivity contribution in [1.29, 1.82) is 0 Å². The standard InChI is InChI=1S/C27H33N3O7S3/c1-19-16-30(20(2)18-31)26(32)15-21-14-22(28-39(33,34)27-10-7-13-38-27)11-12-24(21)37-25(19)17-29(3)40(35,36)23-8-5-4-6-9-23/h4-14,19-20,25,28,31H,15-18H2,1-3H3/t19-,20+,25+/m1/s1. The lowest BCUT2D eigenvalue weighted by molar-refractivity contribution is -0.134. The number of fused-ring (bicyclic) bond motifs is 1. The molecule has 13 heteroatoms. The van der Waals surface area contributed by atoms with Crippen LogP contribution in [0.2, 0.25) is 0 Å². The van der Waals surface area contributed by atoms with Crippen molar-refractivity contribution in [3.8, 4) is 5.75 Å². The molecular formula is C27H33N3O7S3. The van der Waals surface area contributed by atoms with Crippen LogP contribution in [0.25, 0.3) is 0 Å². The fourth-order valence-corrected chi connectivity index (χ4v) is 7.70. The molecule has 3 aromatic rings. The average molecular weight is 608 g/mol. The number of rotatable bonds is 9. The molecule has 0 saturated heterocycles. The largest absolute Gasteiger partial charge is 0.488 e. The van der Waals surface area contributed by atoms with E-state index in [1.54, 1.807) is 59.7 Å². The Morgan fingerprint density at radius 2 is 1.85 bits per heavy atom. The van der Waals surface area contributed by atoms with Crippen LogP contribution in [0.15, 0.2) is 75.1 Å². The van der Waals surface area contributed by atoms with Crippen molar-refractivity contribution in [3.05, 3.63) is 71.6 Å². The molecule has 2 N–H and O–H groups in total. The first-order valence-electron chi connectivity index (χ1n) is 12.7. The minimum atomic E-state index is -3.81. The SMILES string of the molecule is C[C@@H]1CN([C@@H](C)CO)C(=O)Cc2cc(NS(=O)(=O)c3cccs3)ccc2O[C@H]1CN(C)S(=O)(=O)c1ccccc1. The van der Waals surface area contributed by atoms with E-state index in [1.165, 1.54) is 29.6 Å². The van der Waals surface area contributed by atoms with Gasteiger partial charge in [-0.1, -0.05) is 31.2 Å². The van der Waals surface area contributed by atoms with Crippen LogP contribution in [0.1, 0.15) is 19.4 Å². The molecule has 1 aliphatic rings. The fraction of sp³-hybridized carbons (Fsp3) is 0.370. The van der Waals surface area contributed by atoms with Gasteiger partial charge in [-0.3, -0.25) is 9.52 Å². The van der Waals surface area contributed by atoms with Crippen LogP contribution in [0.5, 0.6) is 5.75 Å². The highest BCUT2D eigenvalue weighted by atomic mass is 32.2. The molecule has 2 heterocycles. The van der Waals surface area contributed by atoms with E-state index in [0.717, 1.165) is 11.3 Å². The van der Waals surface area contributed by atoms with E-state index >= 15 is 0 Å². The summed E-state index contributed by atoms with van der Waals surface area (Å²) in [6.07, 6.45) is -0.749. The molecule has 4 rings (SSSR count). The molecule has 0 spiro atoms. The van der Waals surface area contributed by atoms with Crippen LogP contribution in [-0.2, 0) is 31.3 Å². The minimum absolute atomic E-state index is 0.000128. The maximum Gasteiger partial charge on any atom is 0.271 e. The second-order valence-corrected chi connectivity index (χ2v) is 14.7. The van der Waals surface area contributed by atoms with Gasteiger partial charge in [0.2, 0.25) is 15.9 Å². The fourth-order valence-electron chi connectivity index (χ4n) is 4.46. The molecule has 1 aromatic heterocycles. The summed E-state index contributed by atoms with van der Waals surface area (Å²) in [7, 11) is -6.14. The Hall–Kier alpha value is -2.97. The first-order valence-corrected chi connectivity index (χ1v) is 16.5. The van der Waals surface area contributed by atoms with E-state index in [1.807, 2.05) is 6.92 Å². The number of carbonyl (C=O) groups is 1. The van der Waals surface area contributed by atoms with Crippen LogP contribution >= 0.6 is 11.3 Å². The minimum Gasteiger partial charge on any atom is -0.488 e. The monoisotopic (exact) mass is 607 g/mol. The number of ether oxygens (including phenoxy) is 1. The highest BCUT2D eigenvalue weighted by Crippen LogP contribution is 2.31. The van der Waals surface area contributed by atoms with Gasteiger partial charge in [-0.2, -0.15) is 4.31 Å². The lowest BCUT2D eigenvalue weighted by atomic mass is 10.0. The molecule has 0 aliphatic carbocycles. The number of aliphatic hydroxyl groups excluding tert-OH is 1. The van der Waals surface area contributed by atoms with E-state index in [2.05, 4.69) is 4.72 Å². The van der Waals surface area contributed by atoms with Crippen molar-refractivity contribution in [2.24, 2.45) is 5.92 Å². The number of thiophene rings is 1. The van der Waals surface area contributed by atoms with Crippen molar-refractivity contribution >= 4 is 43.0 Å². The molecule has 0 bridgehead atoms. The van der Waals surface area contributed by atoms with Crippen LogP contribution in [0.4, 0.5) is 5.69 Å². The number of hydrogen-bond acceptors (Lipinski definition) is 8. The highest BCUT2D eigenvalue weighted by Gasteiger charge is 2.33. The molecule has 0 fully saturated rings. The van der Waals surface area contributed by atoms with Crippen LogP contribution < -0.4 is 9.46 Å². The topological polar surface area (TPSA) is 133 Å². The number of hydrogen-bond donors (Lipinski definition) is 2. The third kappa shape index (κ3) is 6.66. The van der Waals surface area contributed by atoms with E-state index in [0.29, 0.717) is 11.3 Å². The van der Waals surface area contributed by atoms with Gasteiger partial charge in [0.1, 0.15) is 16.1 Å². The van der Waals surface area contributed by atoms with Crippen molar-refractivity contribution in [3.63, 3.8) is 0 Å². The van der Waals surface area contributed by atoms with E-state index in [9.17, 15) is 26.7 Å². The lowest BCUT2D eigenvalue weighted by Crippen LogP contribution is -2.48. The third-order valence-corrected chi connectivity index (χ3v) is 11.4. The molecule has 3 atom stereocenters. The average Bonchev–Trinajstić information content (AvgIpc) is 3.49. The molecule has 10 nitrogen and oxygen atoms in total. The zero-order chi connectivity index (χ0) is 29.1. The molecule has 1 amide bonds. The van der Waals surface area contributed by atoms with Gasteiger partial charge in [-0.25, -0.2) is 16.8 Å². The number of benzene rings is 2. The smallest absolute Gasteiger partial charge is 0.271 e. The molecule has 0 saturated carbocycles. The van der Waals surface area contributed by atoms with Gasteiger partial charge in [-0.15, -0.1) is 11.3 Å². The Kier molecular flexibility index (Phi) is 9.20. The summed E-state index contributed by atoms with van der Waals surface area (Å²) in [5, 5.41) is 11.5. The molecule has 40 heavy (non-hydrogen) atoms. The molecule has 216 valence electrons. The lowest BCUT2D eigenvalue weighted by Gasteiger charge is -2.33. The molecule has 0 unspecified atom stereocenters. The van der Waals surface area contributed by atoms with Gasteiger partial charge in [0, 0.05) is 30.8 Å². The molecule has 2 aromatic carbocycles. The Labute approximate surface area is 239 Å². The highest BCUT2D eigenvalue weighted by molar-refractivity contribution is 7.94. The summed E-state index contributed by atoms with van der Waals surface area (Å²) in [5.74, 6) is -0.218. The van der Waals surface area contributed by atoms with Crippen LogP contribution in [0, 0.1) is 5.92 Å². The van der Waals surface area contributed by atoms with Gasteiger partial charge in [0.25, 0.3) is 10.0 Å². The van der Waals surface area contributed by atoms with Gasteiger partial charge in [-0.05, 0) is 48.7 Å². The summed E-state index contributed by atoms with van der Waals surface area (Å²) in [4.78, 5) is 15.1. The third-order valence-electron chi connectivity index (χ3n) is 6.82. The van der Waals surface area contributed by atoms with Crippen molar-refractivity contribution in [2.75, 3.05) is 31.5 Å². The number of nitrogens with zero attached hydrogens (tertiary/aromatic N) is 2. The maximum absolute atomic E-state index is 13.4. The Morgan fingerprint density at radius 3 is 2.50 bits per heavy atom. The Morgan fingerprint density at radius 1 is 1.12 bits per heavy atom. The second kappa shape index (κ2) is 12.3. The summed E-state index contributed by atoms with van der Waals surface area (Å²) in [6.45, 7) is 3.58. The van der Waals surface area contributed by atoms with Crippen LogP contribution in [0.3, 0.4) is 0 Å². The first-order chi connectivity index (χ1) is 18.9. The Bertz CT molecular complexity index is 1530. The summed E-state index contributed by atoms with van der Waals surface area (Å²) >= 11 is 1.09. The Balaban J connectivity index is 1.68. The van der Waals surface area contributed by atoms with E-state index in [-0.39, 0.29) is 52.7 Å². The zero-order valence-electron chi connectivity index (χ0n) is 22.4. The maximum atomic E-state index is 13.4. The van der Waals surface area contributed by atoms with Gasteiger partial charge in [0.05, 0.1) is 30.5 Å². The zero-order valence-corrected chi connectivity index (χ0v) is 24.9. The number of carbonyl (C=O) groups excluding carboxylic acids is 1. The van der Waals surface area contributed by atoms with Crippen molar-refractivity contribution in [2.45, 2.75) is 41.5 Å². The normalized spacial score (nSPS) is 19.2. The van der Waals surface area contributed by atoms with Crippen molar-refractivity contribution in [1.82, 2.24) is 9.21 Å². The summed E-state index contributed by atoms with van der Waals surface area (Å²) < 4.78 is 62.3. The summed E-state index contributed by atoms with van der Waals surface area (Å²) in [6, 6.07) is 15.4. The van der Waals surface area contributed by atoms with Crippen LogP contribution in [-0.4, -0.2) is 75.9 Å². The predicted molar refractivity (Wildman–Crippen MR) is 153 cm³/mol. The summed E-state index contributed by atoms with van der Waals surface area (Å²) in [5.41, 5.74) is 0.706. The number of sulfonamides is 2. The molecule has 1 aliphatic heterocycles. The quantitative estimate of drug-likeness (QED) is 0.382. The van der Waals surface area contributed by atoms with Gasteiger partial charge >= 0.3 is 0 Å². The molecular weight excluding hydrogens is 575 g/mol. The number of nitrogens with one attached hydrogen (secondary N) is 1. The van der Waals surface area contributed by atoms with Gasteiger partial charge in [0.15, 0.2) is 0 Å². The second-order valence-electron chi connectivity index (χ2n) is 9.85. The van der Waals surface area contributed by atoms with Gasteiger partial charge < -0.3 is 14.7 Å². The molecule has 0 radical (unpaired) electrons. The number of amides is 1. The number of anilines is 1. The predicted octanol–water partition coefficient (Wildman–Crippen LogP) is 3.02. The number of aliphatic hydroxyl groups is 1. The van der Waals surface area contributed by atoms with Crippen molar-refractivity contribution < 1.29 is 31.5 Å². The first kappa shape index (κ1) is 30.0. The number of likely N-dealkylation sites (N-methyl/N-ethyl adjacent to an activating group) is 1. The van der Waals surface area contributed by atoms with E-state index in [4.69, 9.17) is 4.74 Å².